The molecule has 1 aliphatic heterocycles. The second-order valence-corrected chi connectivity index (χ2v) is 7.13. The number of piperazine rings is 1. The van der Waals surface area contributed by atoms with E-state index in [1.807, 2.05) is 24.0 Å². The summed E-state index contributed by atoms with van der Waals surface area (Å²) in [7, 11) is 1.58. The molecule has 0 aromatic heterocycles. The highest BCUT2D eigenvalue weighted by molar-refractivity contribution is 6.07. The minimum absolute atomic E-state index is 0.245. The van der Waals surface area contributed by atoms with Crippen LogP contribution < -0.4 is 14.4 Å². The first-order valence-electron chi connectivity index (χ1n) is 10.4. The molecule has 160 valence electrons. The molecule has 0 N–H and O–H groups in total. The number of ketones is 1. The first-order chi connectivity index (χ1) is 14.5. The monoisotopic (exact) mass is 412 g/mol. The second kappa shape index (κ2) is 10.3. The molecule has 0 atom stereocenters. The molecule has 0 unspecified atom stereocenters. The van der Waals surface area contributed by atoms with E-state index < -0.39 is 0 Å². The first-order valence-corrected chi connectivity index (χ1v) is 10.4. The summed E-state index contributed by atoms with van der Waals surface area (Å²) in [5.41, 5.74) is 1.69. The van der Waals surface area contributed by atoms with Gasteiger partial charge in [-0.15, -0.1) is 0 Å². The lowest BCUT2D eigenvalue weighted by atomic mass is 10.1. The minimum atomic E-state index is -0.359. The van der Waals surface area contributed by atoms with Crippen molar-refractivity contribution in [2.45, 2.75) is 13.8 Å². The Kier molecular flexibility index (Phi) is 7.46. The Labute approximate surface area is 177 Å². The van der Waals surface area contributed by atoms with Gasteiger partial charge in [0.1, 0.15) is 5.82 Å². The van der Waals surface area contributed by atoms with Gasteiger partial charge in [-0.1, -0.05) is 19.1 Å². The van der Waals surface area contributed by atoms with E-state index in [1.165, 1.54) is 12.1 Å². The van der Waals surface area contributed by atoms with Crippen molar-refractivity contribution in [2.75, 3.05) is 51.3 Å². The smallest absolute Gasteiger partial charge is 0.185 e. The number of benzene rings is 2. The van der Waals surface area contributed by atoms with Crippen molar-refractivity contribution in [1.29, 1.82) is 0 Å². The van der Waals surface area contributed by atoms with Crippen molar-refractivity contribution >= 4 is 17.5 Å². The van der Waals surface area contributed by atoms with Gasteiger partial charge >= 0.3 is 0 Å². The van der Waals surface area contributed by atoms with E-state index in [0.29, 0.717) is 29.4 Å². The van der Waals surface area contributed by atoms with E-state index >= 15 is 0 Å². The molecule has 1 saturated heterocycles. The van der Waals surface area contributed by atoms with Crippen LogP contribution in [0.15, 0.2) is 42.5 Å². The zero-order valence-corrected chi connectivity index (χ0v) is 17.9. The van der Waals surface area contributed by atoms with Gasteiger partial charge in [0.15, 0.2) is 17.3 Å². The first kappa shape index (κ1) is 21.8. The van der Waals surface area contributed by atoms with Gasteiger partial charge in [-0.3, -0.25) is 4.79 Å². The quantitative estimate of drug-likeness (QED) is 0.478. The van der Waals surface area contributed by atoms with Crippen LogP contribution in [-0.4, -0.2) is 57.1 Å². The summed E-state index contributed by atoms with van der Waals surface area (Å²) in [6, 6.07) is 10.2. The van der Waals surface area contributed by atoms with Crippen LogP contribution in [0.4, 0.5) is 10.1 Å². The molecule has 3 rings (SSSR count). The molecule has 0 amide bonds. The number of methoxy groups -OCH3 is 1. The number of ether oxygens (including phenoxy) is 2. The molecule has 1 aliphatic rings. The summed E-state index contributed by atoms with van der Waals surface area (Å²) < 4.78 is 25.5. The Morgan fingerprint density at radius 3 is 2.47 bits per heavy atom. The Hall–Kier alpha value is -2.86. The van der Waals surface area contributed by atoms with Gasteiger partial charge < -0.3 is 19.3 Å². The highest BCUT2D eigenvalue weighted by Crippen LogP contribution is 2.28. The van der Waals surface area contributed by atoms with Gasteiger partial charge in [-0.25, -0.2) is 4.39 Å². The zero-order chi connectivity index (χ0) is 21.5. The maximum Gasteiger partial charge on any atom is 0.185 e. The molecular formula is C24H29FN2O3. The molecule has 5 nitrogen and oxygen atoms in total. The summed E-state index contributed by atoms with van der Waals surface area (Å²) >= 11 is 0. The van der Waals surface area contributed by atoms with E-state index in [0.717, 1.165) is 38.3 Å². The number of hydrogen-bond acceptors (Lipinski definition) is 5. The normalized spacial score (nSPS) is 14.9. The van der Waals surface area contributed by atoms with Gasteiger partial charge in [0, 0.05) is 31.7 Å². The average Bonchev–Trinajstić information content (AvgIpc) is 2.78. The fourth-order valence-electron chi connectivity index (χ4n) is 3.56. The standard InChI is InChI=1S/C24H29FN2O3/c1-4-26-12-14-27(15-13-26)21-9-8-19(17-20(21)25)22(28)10-6-18-7-11-23(29-3)24(16-18)30-5-2/h6-11,16-17H,4-5,12-15H2,1-3H3/b10-6+. The van der Waals surface area contributed by atoms with Gasteiger partial charge in [0.05, 0.1) is 19.4 Å². The molecule has 0 saturated carbocycles. The Morgan fingerprint density at radius 1 is 1.07 bits per heavy atom. The van der Waals surface area contributed by atoms with Gasteiger partial charge in [-0.05, 0) is 55.4 Å². The predicted octanol–water partition coefficient (Wildman–Crippen LogP) is 4.27. The zero-order valence-electron chi connectivity index (χ0n) is 17.9. The van der Waals surface area contributed by atoms with Crippen LogP contribution in [0.25, 0.3) is 6.08 Å². The molecule has 30 heavy (non-hydrogen) atoms. The van der Waals surface area contributed by atoms with Crippen molar-refractivity contribution in [3.8, 4) is 11.5 Å². The van der Waals surface area contributed by atoms with E-state index in [1.54, 1.807) is 31.4 Å². The van der Waals surface area contributed by atoms with Crippen molar-refractivity contribution in [3.63, 3.8) is 0 Å². The van der Waals surface area contributed by atoms with E-state index in [4.69, 9.17) is 9.47 Å². The van der Waals surface area contributed by atoms with Crippen LogP contribution in [0.3, 0.4) is 0 Å². The molecule has 1 heterocycles. The number of likely N-dealkylation sites (N-methyl/N-ethyl adjacent to an activating group) is 1. The third-order valence-electron chi connectivity index (χ3n) is 5.31. The summed E-state index contributed by atoms with van der Waals surface area (Å²) in [6.07, 6.45) is 3.14. The van der Waals surface area contributed by atoms with E-state index in [-0.39, 0.29) is 11.6 Å². The van der Waals surface area contributed by atoms with Crippen LogP contribution >= 0.6 is 0 Å². The maximum absolute atomic E-state index is 14.7. The lowest BCUT2D eigenvalue weighted by Gasteiger charge is -2.35. The molecule has 2 aromatic rings. The number of rotatable bonds is 8. The maximum atomic E-state index is 14.7. The third kappa shape index (κ3) is 5.19. The third-order valence-corrected chi connectivity index (χ3v) is 5.31. The number of anilines is 1. The van der Waals surface area contributed by atoms with Crippen molar-refractivity contribution in [1.82, 2.24) is 4.90 Å². The number of hydrogen-bond donors (Lipinski definition) is 0. The molecule has 0 spiro atoms. The Balaban J connectivity index is 1.70. The molecular weight excluding hydrogens is 383 g/mol. The SMILES string of the molecule is CCOc1cc(/C=C/C(=O)c2ccc(N3CCN(CC)CC3)c(F)c2)ccc1OC. The van der Waals surface area contributed by atoms with Crippen molar-refractivity contribution in [2.24, 2.45) is 0 Å². The Bertz CT molecular complexity index is 905. The van der Waals surface area contributed by atoms with Crippen LogP contribution in [0.1, 0.15) is 29.8 Å². The highest BCUT2D eigenvalue weighted by atomic mass is 19.1. The molecule has 6 heteroatoms. The fourth-order valence-corrected chi connectivity index (χ4v) is 3.56. The molecule has 0 radical (unpaired) electrons. The number of allylic oxidation sites excluding steroid dienone is 1. The topological polar surface area (TPSA) is 42.0 Å². The number of nitrogens with zero attached hydrogens (tertiary/aromatic N) is 2. The second-order valence-electron chi connectivity index (χ2n) is 7.13. The van der Waals surface area contributed by atoms with Gasteiger partial charge in [0.25, 0.3) is 0 Å². The number of carbonyl (C=O) groups is 1. The van der Waals surface area contributed by atoms with Gasteiger partial charge in [0.2, 0.25) is 0 Å². The summed E-state index contributed by atoms with van der Waals surface area (Å²) in [4.78, 5) is 16.9. The van der Waals surface area contributed by atoms with Crippen molar-refractivity contribution in [3.05, 3.63) is 59.4 Å². The fraction of sp³-hybridized carbons (Fsp3) is 0.375. The lowest BCUT2D eigenvalue weighted by molar-refractivity contribution is 0.104. The van der Waals surface area contributed by atoms with Crippen LogP contribution in [0.5, 0.6) is 11.5 Å². The Morgan fingerprint density at radius 2 is 1.83 bits per heavy atom. The van der Waals surface area contributed by atoms with Crippen LogP contribution in [-0.2, 0) is 0 Å². The molecule has 0 bridgehead atoms. The molecule has 1 fully saturated rings. The lowest BCUT2D eigenvalue weighted by Crippen LogP contribution is -2.46. The predicted molar refractivity (Wildman–Crippen MR) is 118 cm³/mol. The molecule has 0 aliphatic carbocycles. The van der Waals surface area contributed by atoms with Crippen molar-refractivity contribution < 1.29 is 18.7 Å². The number of carbonyl (C=O) groups excluding carboxylic acids is 1. The van der Waals surface area contributed by atoms with Crippen LogP contribution in [0.2, 0.25) is 0 Å². The molecule has 2 aromatic carbocycles. The van der Waals surface area contributed by atoms with E-state index in [9.17, 15) is 9.18 Å². The van der Waals surface area contributed by atoms with Gasteiger partial charge in [-0.2, -0.15) is 0 Å². The summed E-state index contributed by atoms with van der Waals surface area (Å²) in [5.74, 6) is 0.651. The number of halogens is 1. The highest BCUT2D eigenvalue weighted by Gasteiger charge is 2.19. The minimum Gasteiger partial charge on any atom is -0.493 e. The summed E-state index contributed by atoms with van der Waals surface area (Å²) in [6.45, 7) is 8.98. The summed E-state index contributed by atoms with van der Waals surface area (Å²) in [5, 5.41) is 0. The largest absolute Gasteiger partial charge is 0.493 e. The average molecular weight is 413 g/mol. The van der Waals surface area contributed by atoms with Crippen LogP contribution in [0, 0.1) is 5.82 Å². The van der Waals surface area contributed by atoms with E-state index in [2.05, 4.69) is 11.8 Å².